The molecule has 0 saturated heterocycles. The summed E-state index contributed by atoms with van der Waals surface area (Å²) >= 11 is 3.32. The van der Waals surface area contributed by atoms with E-state index in [1.165, 1.54) is 13.2 Å². The second kappa shape index (κ2) is 9.53. The topological polar surface area (TPSA) is 75.7 Å². The molecular formula is C23H23BrN2O4S. The second-order valence-corrected chi connectivity index (χ2v) is 9.76. The molecule has 8 heteroatoms. The molecule has 1 amide bonds. The summed E-state index contributed by atoms with van der Waals surface area (Å²) in [5, 5.41) is 2.83. The normalized spacial score (nSPS) is 11.1. The first-order valence-corrected chi connectivity index (χ1v) is 11.7. The highest BCUT2D eigenvalue weighted by Gasteiger charge is 2.30. The summed E-state index contributed by atoms with van der Waals surface area (Å²) in [5.74, 6) is -0.255. The Morgan fingerprint density at radius 3 is 2.42 bits per heavy atom. The zero-order valence-electron chi connectivity index (χ0n) is 17.4. The minimum Gasteiger partial charge on any atom is -0.495 e. The van der Waals surface area contributed by atoms with Crippen molar-refractivity contribution in [2.75, 3.05) is 23.3 Å². The van der Waals surface area contributed by atoms with Crippen LogP contribution in [0.2, 0.25) is 0 Å². The van der Waals surface area contributed by atoms with Crippen LogP contribution in [0.25, 0.3) is 0 Å². The number of nitrogens with one attached hydrogen (secondary N) is 1. The number of hydrogen-bond donors (Lipinski definition) is 1. The van der Waals surface area contributed by atoms with Crippen molar-refractivity contribution >= 4 is 43.2 Å². The van der Waals surface area contributed by atoms with E-state index in [0.717, 1.165) is 15.4 Å². The van der Waals surface area contributed by atoms with Gasteiger partial charge in [-0.15, -0.1) is 0 Å². The molecule has 0 aromatic heterocycles. The fourth-order valence-electron chi connectivity index (χ4n) is 3.07. The van der Waals surface area contributed by atoms with E-state index in [1.54, 1.807) is 42.5 Å². The molecule has 3 aromatic rings. The molecule has 31 heavy (non-hydrogen) atoms. The number of amides is 1. The van der Waals surface area contributed by atoms with Gasteiger partial charge in [0, 0.05) is 10.2 Å². The lowest BCUT2D eigenvalue weighted by Gasteiger charge is -2.25. The highest BCUT2D eigenvalue weighted by Crippen LogP contribution is 2.32. The van der Waals surface area contributed by atoms with Gasteiger partial charge < -0.3 is 10.1 Å². The molecule has 0 aliphatic heterocycles. The van der Waals surface area contributed by atoms with Crippen LogP contribution < -0.4 is 14.4 Å². The first kappa shape index (κ1) is 22.8. The largest absolute Gasteiger partial charge is 0.495 e. The van der Waals surface area contributed by atoms with Crippen molar-refractivity contribution in [3.05, 3.63) is 82.3 Å². The molecule has 0 radical (unpaired) electrons. The van der Waals surface area contributed by atoms with Crippen molar-refractivity contribution in [3.63, 3.8) is 0 Å². The maximum absolute atomic E-state index is 13.6. The summed E-state index contributed by atoms with van der Waals surface area (Å²) < 4.78 is 34.2. The van der Waals surface area contributed by atoms with E-state index < -0.39 is 22.5 Å². The van der Waals surface area contributed by atoms with Crippen LogP contribution in [0.1, 0.15) is 11.1 Å². The van der Waals surface area contributed by atoms with Crippen LogP contribution in [0.15, 0.2) is 76.1 Å². The molecule has 0 atom stereocenters. The van der Waals surface area contributed by atoms with Gasteiger partial charge in [-0.1, -0.05) is 46.3 Å². The van der Waals surface area contributed by atoms with Crippen molar-refractivity contribution in [3.8, 4) is 5.75 Å². The Morgan fingerprint density at radius 1 is 1.03 bits per heavy atom. The predicted octanol–water partition coefficient (Wildman–Crippen LogP) is 4.91. The summed E-state index contributed by atoms with van der Waals surface area (Å²) in [6, 6.07) is 18.9. The number of sulfonamides is 1. The number of halogens is 1. The van der Waals surface area contributed by atoms with Crippen LogP contribution in [0.4, 0.5) is 11.4 Å². The second-order valence-electron chi connectivity index (χ2n) is 7.01. The first-order valence-electron chi connectivity index (χ1n) is 9.51. The molecule has 162 valence electrons. The predicted molar refractivity (Wildman–Crippen MR) is 126 cm³/mol. The van der Waals surface area contributed by atoms with Crippen LogP contribution in [0, 0.1) is 13.8 Å². The number of para-hydroxylation sites is 1. The Labute approximate surface area is 191 Å². The molecule has 0 aliphatic rings. The number of rotatable bonds is 7. The van der Waals surface area contributed by atoms with Crippen LogP contribution in [-0.4, -0.2) is 28.0 Å². The maximum atomic E-state index is 13.6. The lowest BCUT2D eigenvalue weighted by molar-refractivity contribution is -0.114. The summed E-state index contributed by atoms with van der Waals surface area (Å²) in [6.45, 7) is 3.41. The molecule has 0 spiro atoms. The lowest BCUT2D eigenvalue weighted by Crippen LogP contribution is -2.38. The van der Waals surface area contributed by atoms with Gasteiger partial charge in [-0.05, 0) is 61.4 Å². The van der Waals surface area contributed by atoms with Crippen LogP contribution in [0.5, 0.6) is 5.75 Å². The summed E-state index contributed by atoms with van der Waals surface area (Å²) in [6.07, 6.45) is 0. The van der Waals surface area contributed by atoms with Crippen LogP contribution in [-0.2, 0) is 14.8 Å². The first-order chi connectivity index (χ1) is 14.7. The molecular weight excluding hydrogens is 480 g/mol. The standard InChI is InChI=1S/C23H23BrN2O4S/c1-16-9-10-17(2)20(13-16)25-23(27)15-26(19-7-5-4-6-8-19)31(28,29)22-14-18(24)11-12-21(22)30-3/h4-14H,15H2,1-3H3,(H,25,27). The zero-order chi connectivity index (χ0) is 22.6. The van der Waals surface area contributed by atoms with Crippen molar-refractivity contribution in [1.29, 1.82) is 0 Å². The van der Waals surface area contributed by atoms with Gasteiger partial charge in [0.15, 0.2) is 0 Å². The number of anilines is 2. The van der Waals surface area contributed by atoms with Gasteiger partial charge in [0.1, 0.15) is 17.2 Å². The number of nitrogens with zero attached hydrogens (tertiary/aromatic N) is 1. The number of aryl methyl sites for hydroxylation is 2. The van der Waals surface area contributed by atoms with Gasteiger partial charge in [0.25, 0.3) is 10.0 Å². The van der Waals surface area contributed by atoms with E-state index in [-0.39, 0.29) is 10.6 Å². The van der Waals surface area contributed by atoms with E-state index in [2.05, 4.69) is 21.2 Å². The average molecular weight is 503 g/mol. The third kappa shape index (κ3) is 5.26. The summed E-state index contributed by atoms with van der Waals surface area (Å²) in [4.78, 5) is 12.9. The van der Waals surface area contributed by atoms with Gasteiger partial charge in [0.2, 0.25) is 5.91 Å². The number of benzene rings is 3. The van der Waals surface area contributed by atoms with Crippen LogP contribution in [0.3, 0.4) is 0 Å². The highest BCUT2D eigenvalue weighted by atomic mass is 79.9. The minimum atomic E-state index is -4.11. The summed E-state index contributed by atoms with van der Waals surface area (Å²) in [7, 11) is -2.70. The van der Waals surface area contributed by atoms with Gasteiger partial charge in [0.05, 0.1) is 12.8 Å². The van der Waals surface area contributed by atoms with Crippen molar-refractivity contribution in [1.82, 2.24) is 0 Å². The van der Waals surface area contributed by atoms with Gasteiger partial charge in [-0.3, -0.25) is 9.10 Å². The highest BCUT2D eigenvalue weighted by molar-refractivity contribution is 9.10. The fraction of sp³-hybridized carbons (Fsp3) is 0.174. The Balaban J connectivity index is 2.01. The average Bonchev–Trinajstić information content (AvgIpc) is 2.75. The van der Waals surface area contributed by atoms with E-state index >= 15 is 0 Å². The maximum Gasteiger partial charge on any atom is 0.268 e. The number of carbonyl (C=O) groups is 1. The van der Waals surface area contributed by atoms with Gasteiger partial charge in [-0.2, -0.15) is 0 Å². The number of hydrogen-bond acceptors (Lipinski definition) is 4. The molecule has 0 heterocycles. The smallest absolute Gasteiger partial charge is 0.268 e. The van der Waals surface area contributed by atoms with Gasteiger partial charge >= 0.3 is 0 Å². The SMILES string of the molecule is COc1ccc(Br)cc1S(=O)(=O)N(CC(=O)Nc1cc(C)ccc1C)c1ccccc1. The minimum absolute atomic E-state index is 0.0345. The van der Waals surface area contributed by atoms with Crippen LogP contribution >= 0.6 is 15.9 Å². The monoisotopic (exact) mass is 502 g/mol. The third-order valence-electron chi connectivity index (χ3n) is 4.69. The van der Waals surface area contributed by atoms with E-state index in [1.807, 2.05) is 32.0 Å². The molecule has 0 aliphatic carbocycles. The molecule has 0 saturated carbocycles. The Hall–Kier alpha value is -2.84. The lowest BCUT2D eigenvalue weighted by atomic mass is 10.1. The number of carbonyl (C=O) groups excluding carboxylic acids is 1. The number of ether oxygens (including phenoxy) is 1. The van der Waals surface area contributed by atoms with Gasteiger partial charge in [-0.25, -0.2) is 8.42 Å². The molecule has 1 N–H and O–H groups in total. The Bertz CT molecular complexity index is 1200. The van der Waals surface area contributed by atoms with Crippen molar-refractivity contribution in [2.24, 2.45) is 0 Å². The van der Waals surface area contributed by atoms with E-state index in [0.29, 0.717) is 15.8 Å². The Kier molecular flexibility index (Phi) is 7.02. The quantitative estimate of drug-likeness (QED) is 0.497. The third-order valence-corrected chi connectivity index (χ3v) is 6.98. The van der Waals surface area contributed by atoms with Crippen molar-refractivity contribution in [2.45, 2.75) is 18.7 Å². The molecule has 3 aromatic carbocycles. The molecule has 3 rings (SSSR count). The summed E-state index contributed by atoms with van der Waals surface area (Å²) in [5.41, 5.74) is 2.91. The van der Waals surface area contributed by atoms with E-state index in [9.17, 15) is 13.2 Å². The number of methoxy groups -OCH3 is 1. The van der Waals surface area contributed by atoms with Crippen molar-refractivity contribution < 1.29 is 17.9 Å². The zero-order valence-corrected chi connectivity index (χ0v) is 19.8. The molecule has 0 bridgehead atoms. The Morgan fingerprint density at radius 2 is 1.74 bits per heavy atom. The molecule has 0 fully saturated rings. The molecule has 0 unspecified atom stereocenters. The fourth-order valence-corrected chi connectivity index (χ4v) is 5.19. The molecule has 6 nitrogen and oxygen atoms in total. The van der Waals surface area contributed by atoms with E-state index in [4.69, 9.17) is 4.74 Å².